The molecule has 0 bridgehead atoms. The van der Waals surface area contributed by atoms with E-state index in [0.717, 1.165) is 25.0 Å². The largest absolute Gasteiger partial charge is 0.497 e. The zero-order valence-corrected chi connectivity index (χ0v) is 11.6. The Morgan fingerprint density at radius 2 is 2.10 bits per heavy atom. The molecule has 1 unspecified atom stereocenters. The number of fused-ring (bicyclic) bond motifs is 1. The highest BCUT2D eigenvalue weighted by atomic mass is 19.4. The molecule has 1 aliphatic carbocycles. The molecule has 0 aromatic heterocycles. The van der Waals surface area contributed by atoms with E-state index >= 15 is 0 Å². The Morgan fingerprint density at radius 3 is 2.80 bits per heavy atom. The van der Waals surface area contributed by atoms with Gasteiger partial charge in [0.05, 0.1) is 7.11 Å². The van der Waals surface area contributed by atoms with Crippen molar-refractivity contribution in [2.75, 3.05) is 13.7 Å². The van der Waals surface area contributed by atoms with Crippen LogP contribution in [0, 0.1) is 0 Å². The summed E-state index contributed by atoms with van der Waals surface area (Å²) in [6.45, 7) is 0.420. The van der Waals surface area contributed by atoms with Crippen LogP contribution in [0.15, 0.2) is 18.2 Å². The van der Waals surface area contributed by atoms with Crippen LogP contribution in [-0.2, 0) is 12.8 Å². The molecule has 1 atom stereocenters. The molecular weight excluding hydrogens is 267 g/mol. The van der Waals surface area contributed by atoms with Crippen molar-refractivity contribution >= 4 is 0 Å². The predicted octanol–water partition coefficient (Wildman–Crippen LogP) is 3.48. The fraction of sp³-hybridized carbons (Fsp3) is 0.600. The van der Waals surface area contributed by atoms with Crippen LogP contribution >= 0.6 is 0 Å². The summed E-state index contributed by atoms with van der Waals surface area (Å²) in [5, 5.41) is 3.23. The van der Waals surface area contributed by atoms with Crippen molar-refractivity contribution < 1.29 is 17.9 Å². The fourth-order valence-corrected chi connectivity index (χ4v) is 2.63. The molecule has 1 aromatic carbocycles. The smallest absolute Gasteiger partial charge is 0.389 e. The second kappa shape index (κ2) is 6.48. The number of ether oxygens (including phenoxy) is 1. The minimum atomic E-state index is -4.05. The predicted molar refractivity (Wildman–Crippen MR) is 72.1 cm³/mol. The zero-order valence-electron chi connectivity index (χ0n) is 11.6. The third-order valence-electron chi connectivity index (χ3n) is 3.71. The van der Waals surface area contributed by atoms with E-state index in [1.807, 2.05) is 12.1 Å². The number of methoxy groups -OCH3 is 1. The zero-order chi connectivity index (χ0) is 14.6. The van der Waals surface area contributed by atoms with E-state index in [2.05, 4.69) is 11.4 Å². The molecule has 0 saturated heterocycles. The number of nitrogens with one attached hydrogen (secondary N) is 1. The standard InChI is InChI=1S/C15H20F3NO/c1-20-14-6-4-11-3-5-13(9-12(11)10-14)19-8-2-7-15(16,17)18/h4,6,10,13,19H,2-3,5,7-9H2,1H3. The number of aryl methyl sites for hydroxylation is 1. The Labute approximate surface area is 117 Å². The number of hydrogen-bond acceptors (Lipinski definition) is 2. The summed E-state index contributed by atoms with van der Waals surface area (Å²) in [7, 11) is 1.64. The maximum atomic E-state index is 12.1. The fourth-order valence-electron chi connectivity index (χ4n) is 2.63. The topological polar surface area (TPSA) is 21.3 Å². The van der Waals surface area contributed by atoms with Gasteiger partial charge in [0.25, 0.3) is 0 Å². The molecule has 2 rings (SSSR count). The Bertz CT molecular complexity index is 445. The molecule has 0 fully saturated rings. The van der Waals surface area contributed by atoms with Crippen LogP contribution in [0.2, 0.25) is 0 Å². The average Bonchev–Trinajstić information content (AvgIpc) is 2.41. The monoisotopic (exact) mass is 287 g/mol. The van der Waals surface area contributed by atoms with E-state index in [1.54, 1.807) is 7.11 Å². The van der Waals surface area contributed by atoms with E-state index < -0.39 is 12.6 Å². The lowest BCUT2D eigenvalue weighted by molar-refractivity contribution is -0.135. The maximum absolute atomic E-state index is 12.1. The van der Waals surface area contributed by atoms with Crippen molar-refractivity contribution in [3.05, 3.63) is 29.3 Å². The molecular formula is C15H20F3NO. The number of alkyl halides is 3. The molecule has 1 N–H and O–H groups in total. The van der Waals surface area contributed by atoms with Crippen LogP contribution in [0.1, 0.15) is 30.4 Å². The Morgan fingerprint density at radius 1 is 1.30 bits per heavy atom. The van der Waals surface area contributed by atoms with Crippen molar-refractivity contribution in [2.24, 2.45) is 0 Å². The lowest BCUT2D eigenvalue weighted by Crippen LogP contribution is -2.35. The van der Waals surface area contributed by atoms with Crippen LogP contribution in [0.25, 0.3) is 0 Å². The van der Waals surface area contributed by atoms with E-state index in [4.69, 9.17) is 4.74 Å². The number of rotatable bonds is 5. The molecule has 1 aromatic rings. The first-order valence-corrected chi connectivity index (χ1v) is 6.94. The summed E-state index contributed by atoms with van der Waals surface area (Å²) >= 11 is 0. The van der Waals surface area contributed by atoms with Gasteiger partial charge in [-0.05, 0) is 55.5 Å². The van der Waals surface area contributed by atoms with Crippen LogP contribution < -0.4 is 10.1 Å². The Balaban J connectivity index is 1.81. The third kappa shape index (κ3) is 4.40. The lowest BCUT2D eigenvalue weighted by atomic mass is 9.88. The second-order valence-electron chi connectivity index (χ2n) is 5.25. The SMILES string of the molecule is COc1ccc2c(c1)CC(NCCCC(F)(F)F)CC2. The minimum Gasteiger partial charge on any atom is -0.497 e. The number of hydrogen-bond donors (Lipinski definition) is 1. The molecule has 0 aliphatic heterocycles. The summed E-state index contributed by atoms with van der Waals surface area (Å²) in [6.07, 6.45) is -1.81. The molecule has 1 aliphatic rings. The van der Waals surface area contributed by atoms with Crippen molar-refractivity contribution in [3.8, 4) is 5.75 Å². The highest BCUT2D eigenvalue weighted by Crippen LogP contribution is 2.26. The van der Waals surface area contributed by atoms with Gasteiger partial charge in [0.1, 0.15) is 5.75 Å². The first kappa shape index (κ1) is 15.2. The highest BCUT2D eigenvalue weighted by Gasteiger charge is 2.26. The van der Waals surface area contributed by atoms with Gasteiger partial charge in [0, 0.05) is 12.5 Å². The second-order valence-corrected chi connectivity index (χ2v) is 5.25. The average molecular weight is 287 g/mol. The molecule has 0 amide bonds. The highest BCUT2D eigenvalue weighted by molar-refractivity contribution is 5.37. The van der Waals surface area contributed by atoms with Gasteiger partial charge >= 0.3 is 6.18 Å². The van der Waals surface area contributed by atoms with Gasteiger partial charge in [-0.2, -0.15) is 13.2 Å². The van der Waals surface area contributed by atoms with Gasteiger partial charge in [0.15, 0.2) is 0 Å². The van der Waals surface area contributed by atoms with Crippen molar-refractivity contribution in [3.63, 3.8) is 0 Å². The third-order valence-corrected chi connectivity index (χ3v) is 3.71. The Kier molecular flexibility index (Phi) is 4.91. The van der Waals surface area contributed by atoms with Crippen LogP contribution in [0.5, 0.6) is 5.75 Å². The first-order chi connectivity index (χ1) is 9.48. The first-order valence-electron chi connectivity index (χ1n) is 6.94. The molecule has 0 heterocycles. The van der Waals surface area contributed by atoms with E-state index in [-0.39, 0.29) is 12.5 Å². The molecule has 0 radical (unpaired) electrons. The number of halogens is 3. The van der Waals surface area contributed by atoms with Crippen molar-refractivity contribution in [2.45, 2.75) is 44.3 Å². The van der Waals surface area contributed by atoms with Crippen LogP contribution in [0.4, 0.5) is 13.2 Å². The van der Waals surface area contributed by atoms with Gasteiger partial charge < -0.3 is 10.1 Å². The summed E-state index contributed by atoms with van der Waals surface area (Å²) in [5.41, 5.74) is 2.56. The van der Waals surface area contributed by atoms with E-state index in [1.165, 1.54) is 11.1 Å². The van der Waals surface area contributed by atoms with E-state index in [9.17, 15) is 13.2 Å². The quantitative estimate of drug-likeness (QED) is 0.837. The molecule has 0 spiro atoms. The summed E-state index contributed by atoms with van der Waals surface area (Å²) in [6, 6.07) is 6.32. The lowest BCUT2D eigenvalue weighted by Gasteiger charge is -2.26. The summed E-state index contributed by atoms with van der Waals surface area (Å²) in [4.78, 5) is 0. The molecule has 112 valence electrons. The molecule has 5 heteroatoms. The van der Waals surface area contributed by atoms with E-state index in [0.29, 0.717) is 6.54 Å². The maximum Gasteiger partial charge on any atom is 0.389 e. The van der Waals surface area contributed by atoms with Gasteiger partial charge in [-0.25, -0.2) is 0 Å². The number of benzene rings is 1. The van der Waals surface area contributed by atoms with Gasteiger partial charge in [0.2, 0.25) is 0 Å². The van der Waals surface area contributed by atoms with Crippen LogP contribution in [0.3, 0.4) is 0 Å². The van der Waals surface area contributed by atoms with Gasteiger partial charge in [-0.15, -0.1) is 0 Å². The van der Waals surface area contributed by atoms with Crippen LogP contribution in [-0.4, -0.2) is 25.9 Å². The van der Waals surface area contributed by atoms with Gasteiger partial charge in [-0.1, -0.05) is 6.07 Å². The summed E-state index contributed by atoms with van der Waals surface area (Å²) < 4.78 is 41.4. The Hall–Kier alpha value is -1.23. The van der Waals surface area contributed by atoms with Crippen molar-refractivity contribution in [1.29, 1.82) is 0 Å². The molecule has 0 saturated carbocycles. The normalized spacial score (nSPS) is 18.7. The molecule has 2 nitrogen and oxygen atoms in total. The van der Waals surface area contributed by atoms with Crippen molar-refractivity contribution in [1.82, 2.24) is 5.32 Å². The molecule has 20 heavy (non-hydrogen) atoms. The minimum absolute atomic E-state index is 0.144. The summed E-state index contributed by atoms with van der Waals surface area (Å²) in [5.74, 6) is 0.835. The van der Waals surface area contributed by atoms with Gasteiger partial charge in [-0.3, -0.25) is 0 Å².